The third-order valence-electron chi connectivity index (χ3n) is 5.69. The van der Waals surface area contributed by atoms with Crippen LogP contribution in [0.4, 0.5) is 0 Å². The van der Waals surface area contributed by atoms with E-state index >= 15 is 0 Å². The Labute approximate surface area is 161 Å². The van der Waals surface area contributed by atoms with Gasteiger partial charge in [-0.2, -0.15) is 0 Å². The lowest BCUT2D eigenvalue weighted by Crippen LogP contribution is -2.48. The van der Waals surface area contributed by atoms with Gasteiger partial charge in [-0.15, -0.1) is 0 Å². The number of aromatic nitrogens is 1. The molecule has 0 bridgehead atoms. The number of methoxy groups -OCH3 is 1. The number of pyridine rings is 1. The molecule has 1 N–H and O–H groups in total. The lowest BCUT2D eigenvalue weighted by molar-refractivity contribution is 0.0453. The second-order valence-electron chi connectivity index (χ2n) is 7.90. The van der Waals surface area contributed by atoms with Crippen LogP contribution in [-0.4, -0.2) is 97.3 Å². The van der Waals surface area contributed by atoms with Crippen LogP contribution in [0.15, 0.2) is 18.3 Å². The molecule has 2 saturated heterocycles. The van der Waals surface area contributed by atoms with Gasteiger partial charge in [0.15, 0.2) is 0 Å². The highest BCUT2D eigenvalue weighted by Crippen LogP contribution is 2.25. The van der Waals surface area contributed by atoms with Gasteiger partial charge in [0.05, 0.1) is 7.11 Å². The summed E-state index contributed by atoms with van der Waals surface area (Å²) in [5.41, 5.74) is 0.593. The highest BCUT2D eigenvalue weighted by atomic mass is 16.5. The maximum atomic E-state index is 13.0. The molecule has 0 radical (unpaired) electrons. The lowest BCUT2D eigenvalue weighted by atomic mass is 9.88. The Morgan fingerprint density at radius 1 is 1.26 bits per heavy atom. The maximum Gasteiger partial charge on any atom is 0.254 e. The molecule has 1 amide bonds. The summed E-state index contributed by atoms with van der Waals surface area (Å²) >= 11 is 0. The molecular formula is C20H32N4O3. The Morgan fingerprint density at radius 2 is 2.07 bits per heavy atom. The quantitative estimate of drug-likeness (QED) is 0.820. The minimum absolute atomic E-state index is 0.00514. The third kappa shape index (κ3) is 5.40. The molecule has 2 aliphatic rings. The first-order valence-corrected chi connectivity index (χ1v) is 9.90. The van der Waals surface area contributed by atoms with Crippen LogP contribution in [-0.2, 0) is 0 Å². The number of aliphatic hydroxyl groups is 1. The van der Waals surface area contributed by atoms with E-state index in [1.165, 1.54) is 6.42 Å². The summed E-state index contributed by atoms with van der Waals surface area (Å²) in [5.74, 6) is 0.981. The fourth-order valence-corrected chi connectivity index (χ4v) is 4.23. The Balaban J connectivity index is 1.65. The summed E-state index contributed by atoms with van der Waals surface area (Å²) in [6.07, 6.45) is 3.77. The zero-order valence-electron chi connectivity index (χ0n) is 16.5. The molecule has 150 valence electrons. The summed E-state index contributed by atoms with van der Waals surface area (Å²) < 4.78 is 5.14. The van der Waals surface area contributed by atoms with Gasteiger partial charge in [-0.1, -0.05) is 0 Å². The molecule has 0 unspecified atom stereocenters. The molecule has 0 saturated carbocycles. The fourth-order valence-electron chi connectivity index (χ4n) is 4.23. The predicted molar refractivity (Wildman–Crippen MR) is 104 cm³/mol. The van der Waals surface area contributed by atoms with Crippen molar-refractivity contribution in [2.75, 3.05) is 66.6 Å². The van der Waals surface area contributed by atoms with Crippen LogP contribution in [0.5, 0.6) is 5.88 Å². The second kappa shape index (κ2) is 9.48. The fraction of sp³-hybridized carbons (Fsp3) is 0.700. The van der Waals surface area contributed by atoms with Gasteiger partial charge in [-0.3, -0.25) is 4.79 Å². The first kappa shape index (κ1) is 20.0. The average Bonchev–Trinajstić information content (AvgIpc) is 2.91. The molecule has 1 aromatic heterocycles. The van der Waals surface area contributed by atoms with E-state index in [1.54, 1.807) is 25.4 Å². The Bertz CT molecular complexity index is 627. The van der Waals surface area contributed by atoms with Crippen LogP contribution in [0, 0.1) is 11.8 Å². The smallest absolute Gasteiger partial charge is 0.254 e. The van der Waals surface area contributed by atoms with Gasteiger partial charge >= 0.3 is 0 Å². The summed E-state index contributed by atoms with van der Waals surface area (Å²) in [6.45, 7) is 6.90. The van der Waals surface area contributed by atoms with Gasteiger partial charge in [-0.25, -0.2) is 4.98 Å². The summed E-state index contributed by atoms with van der Waals surface area (Å²) in [4.78, 5) is 23.9. The van der Waals surface area contributed by atoms with Crippen molar-refractivity contribution in [3.63, 3.8) is 0 Å². The van der Waals surface area contributed by atoms with Crippen LogP contribution in [0.1, 0.15) is 23.2 Å². The standard InChI is InChI=1S/C20H32N4O3/c1-22-6-3-7-23(9-8-22)12-16-10-17(15-25)14-24(13-16)20(26)18-4-5-21-19(11-18)27-2/h4-5,11,16-17,25H,3,6-10,12-15H2,1-2H3/t16-,17+/m1/s1. The highest BCUT2D eigenvalue weighted by molar-refractivity contribution is 5.94. The lowest BCUT2D eigenvalue weighted by Gasteiger charge is -2.39. The topological polar surface area (TPSA) is 69.1 Å². The molecule has 1 aromatic rings. The molecule has 7 heteroatoms. The van der Waals surface area contributed by atoms with E-state index < -0.39 is 0 Å². The zero-order chi connectivity index (χ0) is 19.2. The summed E-state index contributed by atoms with van der Waals surface area (Å²) in [6, 6.07) is 3.41. The molecule has 0 aromatic carbocycles. The van der Waals surface area contributed by atoms with Gasteiger partial charge in [0.1, 0.15) is 0 Å². The minimum Gasteiger partial charge on any atom is -0.481 e. The molecule has 3 heterocycles. The maximum absolute atomic E-state index is 13.0. The average molecular weight is 377 g/mol. The number of rotatable bonds is 5. The molecule has 0 spiro atoms. The summed E-state index contributed by atoms with van der Waals surface area (Å²) in [7, 11) is 3.73. The van der Waals surface area contributed by atoms with Crippen molar-refractivity contribution in [2.24, 2.45) is 11.8 Å². The molecule has 2 fully saturated rings. The van der Waals surface area contributed by atoms with Gasteiger partial charge in [0.25, 0.3) is 5.91 Å². The van der Waals surface area contributed by atoms with Gasteiger partial charge in [-0.05, 0) is 50.9 Å². The SMILES string of the molecule is COc1cc(C(=O)N2C[C@@H](CN3CCCN(C)CC3)C[C@H](CO)C2)ccn1. The number of hydrogen-bond acceptors (Lipinski definition) is 6. The normalized spacial score (nSPS) is 25.2. The molecule has 2 atom stereocenters. The second-order valence-corrected chi connectivity index (χ2v) is 7.90. The van der Waals surface area contributed by atoms with E-state index in [9.17, 15) is 9.90 Å². The van der Waals surface area contributed by atoms with Crippen molar-refractivity contribution >= 4 is 5.91 Å². The molecule has 2 aliphatic heterocycles. The van der Waals surface area contributed by atoms with Gasteiger partial charge in [0.2, 0.25) is 5.88 Å². The van der Waals surface area contributed by atoms with Crippen molar-refractivity contribution < 1.29 is 14.6 Å². The van der Waals surface area contributed by atoms with E-state index in [4.69, 9.17) is 4.74 Å². The van der Waals surface area contributed by atoms with E-state index in [1.807, 2.05) is 4.90 Å². The van der Waals surface area contributed by atoms with Crippen molar-refractivity contribution in [3.05, 3.63) is 23.9 Å². The first-order chi connectivity index (χ1) is 13.1. The number of aliphatic hydroxyl groups excluding tert-OH is 1. The minimum atomic E-state index is -0.00514. The molecule has 0 aliphatic carbocycles. The first-order valence-electron chi connectivity index (χ1n) is 9.90. The third-order valence-corrected chi connectivity index (χ3v) is 5.69. The van der Waals surface area contributed by atoms with Crippen LogP contribution in [0.3, 0.4) is 0 Å². The molecule has 7 nitrogen and oxygen atoms in total. The number of carbonyl (C=O) groups is 1. The Morgan fingerprint density at radius 3 is 2.85 bits per heavy atom. The number of ether oxygens (including phenoxy) is 1. The number of amides is 1. The van der Waals surface area contributed by atoms with Crippen molar-refractivity contribution in [1.29, 1.82) is 0 Å². The number of nitrogens with zero attached hydrogens (tertiary/aromatic N) is 4. The van der Waals surface area contributed by atoms with Crippen LogP contribution in [0.2, 0.25) is 0 Å². The van der Waals surface area contributed by atoms with E-state index in [0.29, 0.717) is 23.9 Å². The van der Waals surface area contributed by atoms with Crippen molar-refractivity contribution in [1.82, 2.24) is 19.7 Å². The van der Waals surface area contributed by atoms with Gasteiger partial charge in [0, 0.05) is 57.2 Å². The summed E-state index contributed by atoms with van der Waals surface area (Å²) in [5, 5.41) is 9.76. The molecule has 3 rings (SSSR count). The van der Waals surface area contributed by atoms with Crippen LogP contribution >= 0.6 is 0 Å². The van der Waals surface area contributed by atoms with Crippen molar-refractivity contribution in [3.8, 4) is 5.88 Å². The van der Waals surface area contributed by atoms with E-state index in [2.05, 4.69) is 21.8 Å². The molecule has 27 heavy (non-hydrogen) atoms. The largest absolute Gasteiger partial charge is 0.481 e. The Kier molecular flexibility index (Phi) is 7.04. The number of hydrogen-bond donors (Lipinski definition) is 1. The number of carbonyl (C=O) groups excluding carboxylic acids is 1. The monoisotopic (exact) mass is 376 g/mol. The van der Waals surface area contributed by atoms with E-state index in [-0.39, 0.29) is 18.4 Å². The van der Waals surface area contributed by atoms with Crippen LogP contribution in [0.25, 0.3) is 0 Å². The van der Waals surface area contributed by atoms with Crippen LogP contribution < -0.4 is 4.74 Å². The number of likely N-dealkylation sites (tertiary alicyclic amines) is 1. The van der Waals surface area contributed by atoms with E-state index in [0.717, 1.165) is 45.7 Å². The highest BCUT2D eigenvalue weighted by Gasteiger charge is 2.31. The Hall–Kier alpha value is -1.70. The number of likely N-dealkylation sites (N-methyl/N-ethyl adjacent to an activating group) is 1. The molecular weight excluding hydrogens is 344 g/mol. The zero-order valence-corrected chi connectivity index (χ0v) is 16.5. The van der Waals surface area contributed by atoms with Gasteiger partial charge < -0.3 is 24.5 Å². The predicted octanol–water partition coefficient (Wildman–Crippen LogP) is 0.798. The number of piperidine rings is 1. The van der Waals surface area contributed by atoms with Crippen molar-refractivity contribution in [2.45, 2.75) is 12.8 Å².